The lowest BCUT2D eigenvalue weighted by molar-refractivity contribution is 0.0944. The van der Waals surface area contributed by atoms with E-state index in [2.05, 4.69) is 52.6 Å². The molecule has 30 heavy (non-hydrogen) atoms. The summed E-state index contributed by atoms with van der Waals surface area (Å²) in [4.78, 5) is 16.2. The fourth-order valence-electron chi connectivity index (χ4n) is 3.94. The van der Waals surface area contributed by atoms with E-state index in [1.54, 1.807) is 0 Å². The van der Waals surface area contributed by atoms with Gasteiger partial charge in [-0.15, -0.1) is 0 Å². The van der Waals surface area contributed by atoms with Crippen molar-refractivity contribution in [2.45, 2.75) is 47.6 Å². The Bertz CT molecular complexity index is 1230. The van der Waals surface area contributed by atoms with Gasteiger partial charge in [-0.3, -0.25) is 9.48 Å². The number of hydrogen-bond acceptors (Lipinski definition) is 4. The molecule has 0 radical (unpaired) electrons. The molecule has 0 spiro atoms. The van der Waals surface area contributed by atoms with E-state index in [0.717, 1.165) is 34.6 Å². The van der Waals surface area contributed by atoms with Crippen LogP contribution in [0.5, 0.6) is 0 Å². The van der Waals surface area contributed by atoms with Crippen molar-refractivity contribution in [3.8, 4) is 0 Å². The molecule has 0 atom stereocenters. The highest BCUT2D eigenvalue weighted by Gasteiger charge is 2.21. The molecule has 1 amide bonds. The summed E-state index contributed by atoms with van der Waals surface area (Å²) in [5, 5.41) is 12.7. The van der Waals surface area contributed by atoms with Gasteiger partial charge in [0.1, 0.15) is 5.76 Å². The first-order valence-corrected chi connectivity index (χ1v) is 10.2. The third-order valence-electron chi connectivity index (χ3n) is 5.55. The molecule has 4 aromatic rings. The Kier molecular flexibility index (Phi) is 5.20. The molecule has 0 bridgehead atoms. The largest absolute Gasteiger partial charge is 0.361 e. The average molecular weight is 406 g/mol. The molecule has 3 aromatic heterocycles. The predicted molar refractivity (Wildman–Crippen MR) is 116 cm³/mol. The molecule has 3 heterocycles. The average Bonchev–Trinajstić information content (AvgIpc) is 3.31. The molecule has 0 aliphatic heterocycles. The molecule has 156 valence electrons. The number of nitrogens with one attached hydrogen (secondary N) is 2. The topological polar surface area (TPSA) is 88.7 Å². The molecule has 0 unspecified atom stereocenters. The third-order valence-corrected chi connectivity index (χ3v) is 5.55. The van der Waals surface area contributed by atoms with Crippen molar-refractivity contribution in [3.63, 3.8) is 0 Å². The van der Waals surface area contributed by atoms with Crippen molar-refractivity contribution in [3.05, 3.63) is 69.5 Å². The minimum atomic E-state index is -0.225. The van der Waals surface area contributed by atoms with E-state index in [-0.39, 0.29) is 5.91 Å². The molecule has 0 aliphatic rings. The van der Waals surface area contributed by atoms with Crippen LogP contribution >= 0.6 is 0 Å². The van der Waals surface area contributed by atoms with Crippen molar-refractivity contribution < 1.29 is 9.32 Å². The number of amides is 1. The fourth-order valence-corrected chi connectivity index (χ4v) is 3.94. The van der Waals surface area contributed by atoms with Gasteiger partial charge in [0.2, 0.25) is 0 Å². The number of aryl methyl sites for hydroxylation is 5. The summed E-state index contributed by atoms with van der Waals surface area (Å²) >= 11 is 0. The van der Waals surface area contributed by atoms with Crippen LogP contribution in [-0.4, -0.2) is 32.4 Å². The first-order valence-electron chi connectivity index (χ1n) is 10.2. The van der Waals surface area contributed by atoms with Crippen molar-refractivity contribution in [2.24, 2.45) is 0 Å². The highest BCUT2D eigenvalue weighted by molar-refractivity contribution is 5.94. The summed E-state index contributed by atoms with van der Waals surface area (Å²) in [5.74, 6) is 0.410. The van der Waals surface area contributed by atoms with Gasteiger partial charge >= 0.3 is 0 Å². The number of rotatable bonds is 6. The molecule has 2 N–H and O–H groups in total. The zero-order valence-corrected chi connectivity index (χ0v) is 18.1. The Morgan fingerprint density at radius 1 is 1.13 bits per heavy atom. The van der Waals surface area contributed by atoms with Crippen molar-refractivity contribution in [1.82, 2.24) is 25.2 Å². The molecule has 7 nitrogen and oxygen atoms in total. The lowest BCUT2D eigenvalue weighted by Gasteiger charge is -2.07. The van der Waals surface area contributed by atoms with E-state index in [1.807, 2.05) is 31.5 Å². The zero-order chi connectivity index (χ0) is 21.4. The van der Waals surface area contributed by atoms with Gasteiger partial charge in [-0.1, -0.05) is 16.8 Å². The van der Waals surface area contributed by atoms with Gasteiger partial charge in [0.15, 0.2) is 5.69 Å². The fraction of sp³-hybridized carbons (Fsp3) is 0.348. The Morgan fingerprint density at radius 3 is 2.67 bits per heavy atom. The molecular weight excluding hydrogens is 378 g/mol. The van der Waals surface area contributed by atoms with E-state index in [1.165, 1.54) is 16.5 Å². The second-order valence-electron chi connectivity index (χ2n) is 7.93. The van der Waals surface area contributed by atoms with Gasteiger partial charge < -0.3 is 14.8 Å². The van der Waals surface area contributed by atoms with E-state index in [4.69, 9.17) is 4.52 Å². The van der Waals surface area contributed by atoms with Crippen LogP contribution in [0.3, 0.4) is 0 Å². The number of benzene rings is 1. The zero-order valence-electron chi connectivity index (χ0n) is 18.1. The summed E-state index contributed by atoms with van der Waals surface area (Å²) in [6.45, 7) is 10.9. The number of aromatic amines is 1. The number of carbonyl (C=O) groups is 1. The van der Waals surface area contributed by atoms with Gasteiger partial charge in [-0.25, -0.2) is 0 Å². The van der Waals surface area contributed by atoms with Gasteiger partial charge in [-0.05, 0) is 64.8 Å². The highest BCUT2D eigenvalue weighted by Crippen LogP contribution is 2.23. The van der Waals surface area contributed by atoms with Crippen LogP contribution in [0.2, 0.25) is 0 Å². The van der Waals surface area contributed by atoms with Crippen LogP contribution in [0.15, 0.2) is 28.8 Å². The van der Waals surface area contributed by atoms with Crippen molar-refractivity contribution >= 4 is 16.8 Å². The predicted octanol–water partition coefficient (Wildman–Crippen LogP) is 3.92. The second-order valence-corrected chi connectivity index (χ2v) is 7.93. The van der Waals surface area contributed by atoms with Gasteiger partial charge in [-0.2, -0.15) is 5.10 Å². The Morgan fingerprint density at radius 2 is 1.93 bits per heavy atom. The normalized spacial score (nSPS) is 11.4. The summed E-state index contributed by atoms with van der Waals surface area (Å²) < 4.78 is 7.19. The first-order chi connectivity index (χ1) is 14.3. The summed E-state index contributed by atoms with van der Waals surface area (Å²) in [6, 6.07) is 8.39. The lowest BCUT2D eigenvalue weighted by Crippen LogP contribution is -2.27. The molecular formula is C23H27N5O2. The minimum absolute atomic E-state index is 0.225. The maximum absolute atomic E-state index is 12.8. The quantitative estimate of drug-likeness (QED) is 0.509. The van der Waals surface area contributed by atoms with Gasteiger partial charge in [0, 0.05) is 34.4 Å². The summed E-state index contributed by atoms with van der Waals surface area (Å²) in [6.07, 6.45) is 0.741. The number of aromatic nitrogens is 4. The number of nitrogens with zero attached hydrogens (tertiary/aromatic N) is 3. The van der Waals surface area contributed by atoms with E-state index in [0.29, 0.717) is 24.5 Å². The monoisotopic (exact) mass is 405 g/mol. The maximum Gasteiger partial charge on any atom is 0.273 e. The van der Waals surface area contributed by atoms with Crippen molar-refractivity contribution in [1.29, 1.82) is 0 Å². The number of hydrogen-bond donors (Lipinski definition) is 2. The number of carbonyl (C=O) groups excluding carboxylic acids is 1. The smallest absolute Gasteiger partial charge is 0.273 e. The standard InChI is InChI=1S/C23H27N5O2/c1-13-6-7-21-19(10-13)18(16(4)25-21)8-9-24-23(29)22-20(17(5)30-27-22)12-28-15(3)11-14(2)26-28/h6-7,10-11,25H,8-9,12H2,1-5H3,(H,24,29). The summed E-state index contributed by atoms with van der Waals surface area (Å²) in [7, 11) is 0. The van der Waals surface area contributed by atoms with Crippen LogP contribution in [0.1, 0.15) is 50.0 Å². The van der Waals surface area contributed by atoms with E-state index >= 15 is 0 Å². The van der Waals surface area contributed by atoms with Crippen molar-refractivity contribution in [2.75, 3.05) is 6.54 Å². The lowest BCUT2D eigenvalue weighted by atomic mass is 10.1. The van der Waals surface area contributed by atoms with E-state index < -0.39 is 0 Å². The summed E-state index contributed by atoms with van der Waals surface area (Å²) in [5.41, 5.74) is 7.77. The molecule has 0 aliphatic carbocycles. The molecule has 7 heteroatoms. The highest BCUT2D eigenvalue weighted by atomic mass is 16.5. The molecule has 1 aromatic carbocycles. The molecule has 0 saturated heterocycles. The number of H-pyrrole nitrogens is 1. The Hall–Kier alpha value is -3.35. The van der Waals surface area contributed by atoms with Crippen LogP contribution in [0.25, 0.3) is 10.9 Å². The first kappa shape index (κ1) is 19.9. The maximum atomic E-state index is 12.8. The molecule has 4 rings (SSSR count). The minimum Gasteiger partial charge on any atom is -0.361 e. The van der Waals surface area contributed by atoms with E-state index in [9.17, 15) is 4.79 Å². The Balaban J connectivity index is 1.47. The third kappa shape index (κ3) is 3.75. The Labute approximate surface area is 175 Å². The van der Waals surface area contributed by atoms with Crippen LogP contribution < -0.4 is 5.32 Å². The molecule has 0 saturated carbocycles. The van der Waals surface area contributed by atoms with Gasteiger partial charge in [0.25, 0.3) is 5.91 Å². The van der Waals surface area contributed by atoms with Gasteiger partial charge in [0.05, 0.1) is 12.2 Å². The van der Waals surface area contributed by atoms with Crippen LogP contribution in [0.4, 0.5) is 0 Å². The SMILES string of the molecule is Cc1ccc2[nH]c(C)c(CCNC(=O)c3noc(C)c3Cn3nc(C)cc3C)c2c1. The molecule has 0 fully saturated rings. The second kappa shape index (κ2) is 7.82. The van der Waals surface area contributed by atoms with Crippen LogP contribution in [0, 0.1) is 34.6 Å². The van der Waals surface area contributed by atoms with Crippen LogP contribution in [-0.2, 0) is 13.0 Å². The number of fused-ring (bicyclic) bond motifs is 1.